The van der Waals surface area contributed by atoms with Gasteiger partial charge in [-0.1, -0.05) is 6.07 Å². The third-order valence-electron chi connectivity index (χ3n) is 3.22. The Hall–Kier alpha value is -3.41. The Balaban J connectivity index is 0.000000207. The lowest BCUT2D eigenvalue weighted by atomic mass is 10.1. The van der Waals surface area contributed by atoms with Gasteiger partial charge in [0.2, 0.25) is 5.75 Å². The maximum absolute atomic E-state index is 13.1. The molecule has 7 nitrogen and oxygen atoms in total. The van der Waals surface area contributed by atoms with Gasteiger partial charge in [-0.2, -0.15) is 0 Å². The summed E-state index contributed by atoms with van der Waals surface area (Å²) in [7, 11) is 0. The van der Waals surface area contributed by atoms with Crippen molar-refractivity contribution in [1.29, 1.82) is 0 Å². The lowest BCUT2D eigenvalue weighted by Crippen LogP contribution is -2.03. The van der Waals surface area contributed by atoms with E-state index in [2.05, 4.69) is 27.5 Å². The molecule has 1 N–H and O–H groups in total. The quantitative estimate of drug-likeness (QED) is 0.367. The van der Waals surface area contributed by atoms with Gasteiger partial charge in [0.1, 0.15) is 11.1 Å². The summed E-state index contributed by atoms with van der Waals surface area (Å²) in [5.74, 6) is -7.79. The first-order valence-electron chi connectivity index (χ1n) is 7.00. The van der Waals surface area contributed by atoms with Crippen LogP contribution in [0.15, 0.2) is 50.5 Å². The molecule has 0 aliphatic heterocycles. The highest BCUT2D eigenvalue weighted by Crippen LogP contribution is 2.42. The van der Waals surface area contributed by atoms with Gasteiger partial charge < -0.3 is 9.52 Å². The van der Waals surface area contributed by atoms with Crippen LogP contribution in [-0.4, -0.2) is 11.1 Å². The van der Waals surface area contributed by atoms with Crippen LogP contribution in [0.2, 0.25) is 0 Å². The van der Waals surface area contributed by atoms with Crippen molar-refractivity contribution >= 4 is 29.6 Å². The lowest BCUT2D eigenvalue weighted by molar-refractivity contribution is -0.0580. The normalized spacial score (nSPS) is 10.0. The molecule has 3 aromatic rings. The minimum Gasteiger partial charge on any atom is -0.478 e. The predicted octanol–water partition coefficient (Wildman–Crippen LogP) is 4.40. The Bertz CT molecular complexity index is 1070. The average molecular weight is 420 g/mol. The molecule has 0 aliphatic carbocycles. The summed E-state index contributed by atoms with van der Waals surface area (Å²) < 4.78 is 53.5. The van der Waals surface area contributed by atoms with Gasteiger partial charge in [0, 0.05) is 36.0 Å². The van der Waals surface area contributed by atoms with Crippen LogP contribution < -0.4 is 20.5 Å². The van der Waals surface area contributed by atoms with Crippen molar-refractivity contribution < 1.29 is 47.1 Å². The summed E-state index contributed by atoms with van der Waals surface area (Å²) in [6.07, 6.45) is 0. The molecular weight excluding hydrogens is 412 g/mol. The maximum Gasteiger partial charge on any atom is 0.338 e. The van der Waals surface area contributed by atoms with Crippen LogP contribution in [0.5, 0.6) is 17.2 Å². The summed E-state index contributed by atoms with van der Waals surface area (Å²) in [6, 6.07) is 8.83. The van der Waals surface area contributed by atoms with Gasteiger partial charge in [-0.25, -0.2) is 14.0 Å². The molecule has 148 valence electrons. The Morgan fingerprint density at radius 3 is 2.21 bits per heavy atom. The van der Waals surface area contributed by atoms with Crippen LogP contribution in [0.25, 0.3) is 11.0 Å². The highest BCUT2D eigenvalue weighted by Gasteiger charge is 2.28. The molecule has 0 fully saturated rings. The van der Waals surface area contributed by atoms with E-state index in [9.17, 15) is 27.6 Å². The standard InChI is InChI=1S/C9H6O2S.C7H2F4O5/c10-9-4-2-6-1-3-7(12)5-8(6)11-9;8-4-2(7(12)13)1-3(14-9)5(15-10)6(4)16-11/h1-5,12H;1H,(H,12,13). The van der Waals surface area contributed by atoms with Crippen molar-refractivity contribution in [3.8, 4) is 17.2 Å². The minimum atomic E-state index is -1.86. The van der Waals surface area contributed by atoms with E-state index in [0.29, 0.717) is 5.58 Å². The lowest BCUT2D eigenvalue weighted by Gasteiger charge is -2.06. The third-order valence-corrected chi connectivity index (χ3v) is 3.49. The minimum absolute atomic E-state index is 0.259. The topological polar surface area (TPSA) is 95.2 Å². The first kappa shape index (κ1) is 20.9. The summed E-state index contributed by atoms with van der Waals surface area (Å²) in [5.41, 5.74) is -0.933. The molecule has 0 radical (unpaired) electrons. The van der Waals surface area contributed by atoms with Crippen molar-refractivity contribution in [1.82, 2.24) is 0 Å². The number of rotatable bonds is 4. The number of hydrogen-bond donors (Lipinski definition) is 2. The van der Waals surface area contributed by atoms with E-state index >= 15 is 0 Å². The highest BCUT2D eigenvalue weighted by molar-refractivity contribution is 7.80. The van der Waals surface area contributed by atoms with E-state index in [1.807, 2.05) is 12.1 Å². The first-order chi connectivity index (χ1) is 13.3. The number of benzene rings is 2. The van der Waals surface area contributed by atoms with Crippen LogP contribution in [-0.2, 0) is 0 Å². The molecule has 3 rings (SSSR count). The fourth-order valence-electron chi connectivity index (χ4n) is 2.00. The average Bonchev–Trinajstić information content (AvgIpc) is 2.67. The van der Waals surface area contributed by atoms with Gasteiger partial charge in [-0.3, -0.25) is 14.8 Å². The second-order valence-corrected chi connectivity index (χ2v) is 5.42. The molecule has 12 heteroatoms. The van der Waals surface area contributed by atoms with Crippen molar-refractivity contribution in [2.75, 3.05) is 0 Å². The van der Waals surface area contributed by atoms with Gasteiger partial charge >= 0.3 is 11.6 Å². The molecular formula is C16H8F4O7S. The van der Waals surface area contributed by atoms with Gasteiger partial charge in [-0.05, 0) is 18.2 Å². The van der Waals surface area contributed by atoms with E-state index in [-0.39, 0.29) is 11.7 Å². The number of carboxylic acid groups (broad SMARTS) is 1. The molecule has 0 aliphatic rings. The molecule has 28 heavy (non-hydrogen) atoms. The number of halogens is 4. The molecule has 0 saturated heterocycles. The van der Waals surface area contributed by atoms with Crippen LogP contribution in [0.1, 0.15) is 10.4 Å². The third kappa shape index (κ3) is 4.46. The molecule has 0 spiro atoms. The van der Waals surface area contributed by atoms with Crippen LogP contribution in [0, 0.1) is 5.82 Å². The fraction of sp³-hybridized carbons (Fsp3) is 0. The Labute approximate surface area is 157 Å². The zero-order valence-corrected chi connectivity index (χ0v) is 14.2. The largest absolute Gasteiger partial charge is 0.478 e. The number of hydrogen-bond acceptors (Lipinski definition) is 7. The summed E-state index contributed by atoms with van der Waals surface area (Å²) >= 11 is 4.13. The Kier molecular flexibility index (Phi) is 6.71. The van der Waals surface area contributed by atoms with E-state index in [4.69, 9.17) is 9.52 Å². The van der Waals surface area contributed by atoms with Gasteiger partial charge in [0.15, 0.2) is 5.82 Å². The maximum atomic E-state index is 13.1. The van der Waals surface area contributed by atoms with E-state index in [0.717, 1.165) is 10.3 Å². The van der Waals surface area contributed by atoms with Crippen molar-refractivity contribution in [3.63, 3.8) is 0 Å². The van der Waals surface area contributed by atoms with Gasteiger partial charge in [0.25, 0.3) is 11.5 Å². The molecule has 2 aromatic carbocycles. The van der Waals surface area contributed by atoms with Crippen molar-refractivity contribution in [2.24, 2.45) is 0 Å². The first-order valence-corrected chi connectivity index (χ1v) is 7.45. The second-order valence-electron chi connectivity index (χ2n) is 4.91. The molecule has 1 aromatic heterocycles. The van der Waals surface area contributed by atoms with E-state index in [1.165, 1.54) is 6.07 Å². The number of aromatic carboxylic acids is 1. The van der Waals surface area contributed by atoms with Crippen molar-refractivity contribution in [3.05, 3.63) is 58.2 Å². The zero-order valence-electron chi connectivity index (χ0n) is 13.3. The number of thiol groups is 1. The predicted molar refractivity (Wildman–Crippen MR) is 88.3 cm³/mol. The van der Waals surface area contributed by atoms with E-state index in [1.54, 1.807) is 12.1 Å². The van der Waals surface area contributed by atoms with Crippen LogP contribution >= 0.6 is 12.6 Å². The number of fused-ring (bicyclic) bond motifs is 1. The molecule has 0 unspecified atom stereocenters. The molecule has 0 atom stereocenters. The monoisotopic (exact) mass is 420 g/mol. The summed E-state index contributed by atoms with van der Waals surface area (Å²) in [5, 5.41) is 9.35. The highest BCUT2D eigenvalue weighted by atomic mass is 32.1. The summed E-state index contributed by atoms with van der Waals surface area (Å²) in [4.78, 5) is 30.8. The Morgan fingerprint density at radius 2 is 1.64 bits per heavy atom. The molecule has 0 amide bonds. The number of carbonyl (C=O) groups is 1. The van der Waals surface area contributed by atoms with Gasteiger partial charge in [0.05, 0.1) is 0 Å². The number of carboxylic acids is 1. The SMILES string of the molecule is O=C(O)c1cc(OF)c(OF)c(OF)c1F.O=c1ccc2ccc(S)cc2o1. The zero-order chi connectivity index (χ0) is 20.8. The van der Waals surface area contributed by atoms with Crippen LogP contribution in [0.4, 0.5) is 18.0 Å². The summed E-state index contributed by atoms with van der Waals surface area (Å²) in [6.45, 7) is 0. The van der Waals surface area contributed by atoms with Crippen LogP contribution in [0.3, 0.4) is 0 Å². The van der Waals surface area contributed by atoms with Gasteiger partial charge in [-0.15, -0.1) is 12.6 Å². The van der Waals surface area contributed by atoms with E-state index < -0.39 is 34.6 Å². The van der Waals surface area contributed by atoms with Crippen molar-refractivity contribution in [2.45, 2.75) is 4.90 Å². The smallest absolute Gasteiger partial charge is 0.338 e. The Morgan fingerprint density at radius 1 is 1.00 bits per heavy atom. The fourth-order valence-corrected chi connectivity index (χ4v) is 2.19. The second kappa shape index (κ2) is 8.99. The molecule has 0 bridgehead atoms. The molecule has 1 heterocycles. The molecule has 0 saturated carbocycles.